The van der Waals surface area contributed by atoms with Crippen LogP contribution >= 0.6 is 0 Å². The van der Waals surface area contributed by atoms with E-state index in [1.807, 2.05) is 44.2 Å². The molecule has 0 aliphatic carbocycles. The van der Waals surface area contributed by atoms with Gasteiger partial charge in [0.15, 0.2) is 5.82 Å². The van der Waals surface area contributed by atoms with Crippen molar-refractivity contribution >= 4 is 11.5 Å². The van der Waals surface area contributed by atoms with Crippen LogP contribution in [-0.4, -0.2) is 27.0 Å². The van der Waals surface area contributed by atoms with E-state index in [4.69, 9.17) is 0 Å². The van der Waals surface area contributed by atoms with Crippen molar-refractivity contribution in [1.29, 1.82) is 0 Å². The highest BCUT2D eigenvalue weighted by Crippen LogP contribution is 2.36. The fourth-order valence-electron chi connectivity index (χ4n) is 3.70. The average molecular weight is 347 g/mol. The zero-order chi connectivity index (χ0) is 18.3. The Hall–Kier alpha value is -3.08. The van der Waals surface area contributed by atoms with E-state index in [-0.39, 0.29) is 11.5 Å². The topological polar surface area (TPSA) is 69.5 Å². The number of hydrogen-bond donors (Lipinski definition) is 2. The number of nitrogens with zero attached hydrogens (tertiary/aromatic N) is 3. The predicted molar refractivity (Wildman–Crippen MR) is 102 cm³/mol. The molecule has 1 aromatic heterocycles. The van der Waals surface area contributed by atoms with Crippen molar-refractivity contribution in [2.45, 2.75) is 26.7 Å². The summed E-state index contributed by atoms with van der Waals surface area (Å²) >= 11 is 0. The summed E-state index contributed by atoms with van der Waals surface area (Å²) in [7, 11) is 0. The lowest BCUT2D eigenvalue weighted by Crippen LogP contribution is -2.25. The van der Waals surface area contributed by atoms with Crippen LogP contribution in [0.5, 0.6) is 11.5 Å². The van der Waals surface area contributed by atoms with Crippen LogP contribution in [0.1, 0.15) is 23.1 Å². The fraction of sp³-hybridized carbons (Fsp3) is 0.238. The van der Waals surface area contributed by atoms with Gasteiger partial charge in [-0.05, 0) is 79.8 Å². The molecule has 132 valence electrons. The predicted octanol–water partition coefficient (Wildman–Crippen LogP) is 4.26. The maximum absolute atomic E-state index is 10.3. The zero-order valence-corrected chi connectivity index (χ0v) is 14.9. The lowest BCUT2D eigenvalue weighted by Gasteiger charge is -2.30. The molecule has 0 saturated heterocycles. The number of hydrogen-bond acceptors (Lipinski definition) is 5. The number of phenolic OH excluding ortho intramolecular Hbond substituents is 2. The summed E-state index contributed by atoms with van der Waals surface area (Å²) in [4.78, 5) is 2.12. The molecule has 0 atom stereocenters. The minimum atomic E-state index is 0.225. The van der Waals surface area contributed by atoms with Crippen LogP contribution in [0.2, 0.25) is 0 Å². The van der Waals surface area contributed by atoms with Gasteiger partial charge in [-0.25, -0.2) is 0 Å². The molecule has 26 heavy (non-hydrogen) atoms. The zero-order valence-electron chi connectivity index (χ0n) is 14.9. The van der Waals surface area contributed by atoms with E-state index >= 15 is 0 Å². The molecule has 2 aromatic carbocycles. The van der Waals surface area contributed by atoms with Crippen molar-refractivity contribution in [2.75, 3.05) is 11.4 Å². The van der Waals surface area contributed by atoms with Crippen LogP contribution < -0.4 is 4.90 Å². The van der Waals surface area contributed by atoms with Crippen LogP contribution in [0.3, 0.4) is 0 Å². The van der Waals surface area contributed by atoms with E-state index in [0.717, 1.165) is 53.1 Å². The quantitative estimate of drug-likeness (QED) is 0.725. The van der Waals surface area contributed by atoms with Gasteiger partial charge in [0.2, 0.25) is 0 Å². The molecule has 1 aliphatic heterocycles. The molecule has 1 aliphatic rings. The molecule has 4 rings (SSSR count). The van der Waals surface area contributed by atoms with Gasteiger partial charge in [0, 0.05) is 17.8 Å². The molecule has 0 fully saturated rings. The Morgan fingerprint density at radius 3 is 2.54 bits per heavy atom. The van der Waals surface area contributed by atoms with Crippen molar-refractivity contribution in [3.05, 3.63) is 59.2 Å². The Morgan fingerprint density at radius 2 is 1.81 bits per heavy atom. The number of aromatic nitrogens is 2. The molecule has 0 spiro atoms. The standard InChI is InChI=1S/C21H21N3O2/c1-13-10-14(2)21(19(26)11-13)17-6-8-20(23-22-17)24-9-3-4-15-12-16(25)5-7-18(15)24/h5-8,10-12,25-26H,3-4,9H2,1-2H3. The second kappa shape index (κ2) is 6.33. The van der Waals surface area contributed by atoms with Crippen molar-refractivity contribution in [3.8, 4) is 22.8 Å². The molecule has 0 saturated carbocycles. The van der Waals surface area contributed by atoms with Crippen molar-refractivity contribution in [3.63, 3.8) is 0 Å². The number of fused-ring (bicyclic) bond motifs is 1. The molecular weight excluding hydrogens is 326 g/mol. The number of phenols is 2. The number of aryl methyl sites for hydroxylation is 3. The van der Waals surface area contributed by atoms with E-state index < -0.39 is 0 Å². The Labute approximate surface area is 152 Å². The van der Waals surface area contributed by atoms with Crippen molar-refractivity contribution in [2.24, 2.45) is 0 Å². The SMILES string of the molecule is Cc1cc(C)c(-c2ccc(N3CCCc4cc(O)ccc43)nn2)c(O)c1. The number of rotatable bonds is 2. The number of benzene rings is 2. The normalized spacial score (nSPS) is 13.5. The molecule has 2 N–H and O–H groups in total. The molecule has 0 unspecified atom stereocenters. The molecule has 0 amide bonds. The van der Waals surface area contributed by atoms with E-state index in [9.17, 15) is 10.2 Å². The molecule has 0 radical (unpaired) electrons. The Bertz CT molecular complexity index is 944. The highest BCUT2D eigenvalue weighted by atomic mass is 16.3. The van der Waals surface area contributed by atoms with Gasteiger partial charge in [-0.1, -0.05) is 6.07 Å². The molecule has 3 aromatic rings. The fourth-order valence-corrected chi connectivity index (χ4v) is 3.70. The summed E-state index contributed by atoms with van der Waals surface area (Å²) in [6, 6.07) is 13.0. The number of anilines is 2. The Kier molecular flexibility index (Phi) is 3.99. The van der Waals surface area contributed by atoms with E-state index in [2.05, 4.69) is 15.1 Å². The third-order valence-corrected chi connectivity index (χ3v) is 4.82. The largest absolute Gasteiger partial charge is 0.508 e. The third-order valence-electron chi connectivity index (χ3n) is 4.82. The highest BCUT2D eigenvalue weighted by Gasteiger charge is 2.20. The second-order valence-corrected chi connectivity index (χ2v) is 6.82. The van der Waals surface area contributed by atoms with E-state index in [1.165, 1.54) is 0 Å². The minimum Gasteiger partial charge on any atom is -0.508 e. The third kappa shape index (κ3) is 2.86. The summed E-state index contributed by atoms with van der Waals surface area (Å²) in [5.74, 6) is 1.28. The smallest absolute Gasteiger partial charge is 0.155 e. The number of aromatic hydroxyl groups is 2. The highest BCUT2D eigenvalue weighted by molar-refractivity contribution is 5.72. The van der Waals surface area contributed by atoms with Gasteiger partial charge < -0.3 is 15.1 Å². The summed E-state index contributed by atoms with van der Waals surface area (Å²) in [5.41, 5.74) is 5.55. The summed E-state index contributed by atoms with van der Waals surface area (Å²) < 4.78 is 0. The molecule has 0 bridgehead atoms. The first-order chi connectivity index (χ1) is 12.5. The first-order valence-corrected chi connectivity index (χ1v) is 8.76. The van der Waals surface area contributed by atoms with Crippen LogP contribution in [-0.2, 0) is 6.42 Å². The molecule has 5 heteroatoms. The lowest BCUT2D eigenvalue weighted by molar-refractivity contribution is 0.474. The van der Waals surface area contributed by atoms with Crippen LogP contribution in [0, 0.1) is 13.8 Å². The summed E-state index contributed by atoms with van der Waals surface area (Å²) in [5, 5.41) is 28.8. The first kappa shape index (κ1) is 16.4. The van der Waals surface area contributed by atoms with Gasteiger partial charge in [-0.2, -0.15) is 0 Å². The monoisotopic (exact) mass is 347 g/mol. The van der Waals surface area contributed by atoms with E-state index in [0.29, 0.717) is 5.69 Å². The van der Waals surface area contributed by atoms with Gasteiger partial charge >= 0.3 is 0 Å². The lowest BCUT2D eigenvalue weighted by atomic mass is 10.0. The maximum atomic E-state index is 10.3. The molecular formula is C21H21N3O2. The van der Waals surface area contributed by atoms with Gasteiger partial charge in [0.1, 0.15) is 11.5 Å². The van der Waals surface area contributed by atoms with Gasteiger partial charge in [0.25, 0.3) is 0 Å². The molecule has 2 heterocycles. The Morgan fingerprint density at radius 1 is 0.962 bits per heavy atom. The van der Waals surface area contributed by atoms with Crippen LogP contribution in [0.25, 0.3) is 11.3 Å². The summed E-state index contributed by atoms with van der Waals surface area (Å²) in [6.45, 7) is 4.78. The first-order valence-electron chi connectivity index (χ1n) is 8.76. The van der Waals surface area contributed by atoms with Gasteiger partial charge in [0.05, 0.1) is 5.69 Å². The van der Waals surface area contributed by atoms with Crippen molar-refractivity contribution in [1.82, 2.24) is 10.2 Å². The Balaban J connectivity index is 1.70. The molecule has 5 nitrogen and oxygen atoms in total. The van der Waals surface area contributed by atoms with Gasteiger partial charge in [-0.15, -0.1) is 10.2 Å². The van der Waals surface area contributed by atoms with E-state index in [1.54, 1.807) is 12.1 Å². The maximum Gasteiger partial charge on any atom is 0.155 e. The average Bonchev–Trinajstić information content (AvgIpc) is 2.61. The second-order valence-electron chi connectivity index (χ2n) is 6.82. The van der Waals surface area contributed by atoms with Gasteiger partial charge in [-0.3, -0.25) is 0 Å². The van der Waals surface area contributed by atoms with Crippen LogP contribution in [0.4, 0.5) is 11.5 Å². The van der Waals surface area contributed by atoms with Crippen molar-refractivity contribution < 1.29 is 10.2 Å². The summed E-state index contributed by atoms with van der Waals surface area (Å²) in [6.07, 6.45) is 1.94. The van der Waals surface area contributed by atoms with Crippen LogP contribution in [0.15, 0.2) is 42.5 Å². The minimum absolute atomic E-state index is 0.225.